The number of anilines is 1. The summed E-state index contributed by atoms with van der Waals surface area (Å²) in [6.45, 7) is 1.96. The van der Waals surface area contributed by atoms with Crippen molar-refractivity contribution in [3.63, 3.8) is 0 Å². The fraction of sp³-hybridized carbons (Fsp3) is 0.0588. The monoisotopic (exact) mass is 364 g/mol. The predicted molar refractivity (Wildman–Crippen MR) is 95.6 cm³/mol. The largest absolute Gasteiger partial charge is 0.355 e. The molecule has 8 nitrogen and oxygen atoms in total. The van der Waals surface area contributed by atoms with Gasteiger partial charge in [0.1, 0.15) is 17.6 Å². The van der Waals surface area contributed by atoms with Crippen molar-refractivity contribution < 1.29 is 9.32 Å². The number of rotatable bonds is 4. The molecule has 0 radical (unpaired) electrons. The molecule has 4 rings (SSSR count). The average Bonchev–Trinajstić information content (AvgIpc) is 3.32. The van der Waals surface area contributed by atoms with Gasteiger partial charge in [0.2, 0.25) is 0 Å². The van der Waals surface area contributed by atoms with E-state index in [1.807, 2.05) is 24.4 Å². The number of thiazole rings is 1. The van der Waals surface area contributed by atoms with Crippen LogP contribution in [-0.2, 0) is 0 Å². The molecule has 0 aliphatic carbocycles. The quantitative estimate of drug-likeness (QED) is 0.592. The molecule has 0 unspecified atom stereocenters. The maximum atomic E-state index is 12.6. The van der Waals surface area contributed by atoms with Gasteiger partial charge in [-0.25, -0.2) is 15.0 Å². The summed E-state index contributed by atoms with van der Waals surface area (Å²) in [7, 11) is 0. The van der Waals surface area contributed by atoms with Crippen LogP contribution in [0.3, 0.4) is 0 Å². The van der Waals surface area contributed by atoms with Gasteiger partial charge in [-0.15, -0.1) is 11.3 Å². The minimum atomic E-state index is -0.372. The lowest BCUT2D eigenvalue weighted by molar-refractivity contribution is 0.102. The SMILES string of the molecule is Cc1cccnc1-c1csc(NC(=O)c2cnoc2-c2cncnc2)n1. The van der Waals surface area contributed by atoms with Gasteiger partial charge >= 0.3 is 0 Å². The van der Waals surface area contributed by atoms with E-state index in [2.05, 4.69) is 30.4 Å². The summed E-state index contributed by atoms with van der Waals surface area (Å²) in [6, 6.07) is 3.83. The van der Waals surface area contributed by atoms with Gasteiger partial charge in [0.25, 0.3) is 5.91 Å². The van der Waals surface area contributed by atoms with E-state index in [0.717, 1.165) is 11.3 Å². The highest BCUT2D eigenvalue weighted by molar-refractivity contribution is 7.14. The summed E-state index contributed by atoms with van der Waals surface area (Å²) >= 11 is 1.32. The summed E-state index contributed by atoms with van der Waals surface area (Å²) in [4.78, 5) is 29.2. The molecule has 26 heavy (non-hydrogen) atoms. The molecule has 0 aliphatic heterocycles. The number of aromatic nitrogens is 5. The van der Waals surface area contributed by atoms with Crippen molar-refractivity contribution in [2.75, 3.05) is 5.32 Å². The van der Waals surface area contributed by atoms with E-state index in [1.165, 1.54) is 23.9 Å². The molecule has 0 aliphatic rings. The number of amides is 1. The van der Waals surface area contributed by atoms with Crippen molar-refractivity contribution in [2.45, 2.75) is 6.92 Å². The Labute approximate surface area is 152 Å². The van der Waals surface area contributed by atoms with Gasteiger partial charge < -0.3 is 4.52 Å². The molecule has 1 N–H and O–H groups in total. The van der Waals surface area contributed by atoms with E-state index in [9.17, 15) is 4.79 Å². The van der Waals surface area contributed by atoms with Gasteiger partial charge in [-0.05, 0) is 18.6 Å². The Kier molecular flexibility index (Phi) is 4.20. The maximum Gasteiger partial charge on any atom is 0.263 e. The van der Waals surface area contributed by atoms with E-state index < -0.39 is 0 Å². The summed E-state index contributed by atoms with van der Waals surface area (Å²) in [5, 5.41) is 8.79. The molecule has 4 aromatic heterocycles. The first kappa shape index (κ1) is 16.0. The van der Waals surface area contributed by atoms with Gasteiger partial charge in [-0.3, -0.25) is 15.1 Å². The van der Waals surface area contributed by atoms with Crippen molar-refractivity contribution in [3.8, 4) is 22.7 Å². The second-order valence-electron chi connectivity index (χ2n) is 5.36. The second-order valence-corrected chi connectivity index (χ2v) is 6.21. The number of hydrogen-bond acceptors (Lipinski definition) is 8. The van der Waals surface area contributed by atoms with Crippen LogP contribution in [0.5, 0.6) is 0 Å². The van der Waals surface area contributed by atoms with Crippen molar-refractivity contribution in [1.29, 1.82) is 0 Å². The molecule has 0 atom stereocenters. The average molecular weight is 364 g/mol. The Morgan fingerprint density at radius 1 is 1.23 bits per heavy atom. The van der Waals surface area contributed by atoms with Gasteiger partial charge in [0.05, 0.1) is 17.5 Å². The standard InChI is InChI=1S/C17H12N6O2S/c1-10-3-2-4-20-14(10)13-8-26-17(22-13)23-16(24)12-7-21-25-15(12)11-5-18-9-19-6-11/h2-9H,1H3,(H,22,23,24). The minimum Gasteiger partial charge on any atom is -0.355 e. The van der Waals surface area contributed by atoms with E-state index in [1.54, 1.807) is 18.6 Å². The molecule has 0 spiro atoms. The third kappa shape index (κ3) is 3.07. The first-order chi connectivity index (χ1) is 12.7. The molecular formula is C17H12N6O2S. The zero-order valence-corrected chi connectivity index (χ0v) is 14.4. The van der Waals surface area contributed by atoms with Crippen LogP contribution in [0.25, 0.3) is 22.7 Å². The van der Waals surface area contributed by atoms with Crippen molar-refractivity contribution in [3.05, 3.63) is 59.8 Å². The summed E-state index contributed by atoms with van der Waals surface area (Å²) in [6.07, 6.45) is 7.57. The second kappa shape index (κ2) is 6.81. The predicted octanol–water partition coefficient (Wildman–Crippen LogP) is 3.21. The summed E-state index contributed by atoms with van der Waals surface area (Å²) < 4.78 is 5.18. The van der Waals surface area contributed by atoms with Gasteiger partial charge in [-0.1, -0.05) is 11.2 Å². The molecule has 0 saturated carbocycles. The number of nitrogens with zero attached hydrogens (tertiary/aromatic N) is 5. The van der Waals surface area contributed by atoms with Crippen LogP contribution in [-0.4, -0.2) is 31.0 Å². The molecular weight excluding hydrogens is 352 g/mol. The normalized spacial score (nSPS) is 10.7. The third-order valence-corrected chi connectivity index (χ3v) is 4.37. The zero-order chi connectivity index (χ0) is 17.9. The van der Waals surface area contributed by atoms with Crippen molar-refractivity contribution >= 4 is 22.4 Å². The van der Waals surface area contributed by atoms with Gasteiger partial charge in [0.15, 0.2) is 10.9 Å². The Morgan fingerprint density at radius 3 is 2.88 bits per heavy atom. The van der Waals surface area contributed by atoms with Crippen LogP contribution in [0, 0.1) is 6.92 Å². The molecule has 4 heterocycles. The van der Waals surface area contributed by atoms with Crippen LogP contribution in [0.15, 0.2) is 53.2 Å². The summed E-state index contributed by atoms with van der Waals surface area (Å²) in [5.74, 6) is -0.0656. The van der Waals surface area contributed by atoms with Crippen molar-refractivity contribution in [2.24, 2.45) is 0 Å². The number of nitrogens with one attached hydrogen (secondary N) is 1. The van der Waals surface area contributed by atoms with Crippen molar-refractivity contribution in [1.82, 2.24) is 25.1 Å². The van der Waals surface area contributed by atoms with E-state index in [4.69, 9.17) is 4.52 Å². The molecule has 4 aromatic rings. The number of aryl methyl sites for hydroxylation is 1. The molecule has 1 amide bonds. The lowest BCUT2D eigenvalue weighted by Crippen LogP contribution is -2.12. The maximum absolute atomic E-state index is 12.6. The molecule has 9 heteroatoms. The molecule has 0 aromatic carbocycles. The molecule has 0 bridgehead atoms. The zero-order valence-electron chi connectivity index (χ0n) is 13.6. The summed E-state index contributed by atoms with van der Waals surface area (Å²) in [5.41, 5.74) is 3.37. The van der Waals surface area contributed by atoms with Gasteiger partial charge in [0, 0.05) is 24.0 Å². The number of carbonyl (C=O) groups excluding carboxylic acids is 1. The smallest absolute Gasteiger partial charge is 0.263 e. The van der Waals surface area contributed by atoms with Crippen LogP contribution >= 0.6 is 11.3 Å². The van der Waals surface area contributed by atoms with E-state index >= 15 is 0 Å². The molecule has 0 fully saturated rings. The number of hydrogen-bond donors (Lipinski definition) is 1. The van der Waals surface area contributed by atoms with E-state index in [0.29, 0.717) is 22.1 Å². The van der Waals surface area contributed by atoms with Crippen LogP contribution < -0.4 is 5.32 Å². The Morgan fingerprint density at radius 2 is 2.08 bits per heavy atom. The van der Waals surface area contributed by atoms with Gasteiger partial charge in [-0.2, -0.15) is 0 Å². The highest BCUT2D eigenvalue weighted by Crippen LogP contribution is 2.27. The Balaban J connectivity index is 1.57. The highest BCUT2D eigenvalue weighted by atomic mass is 32.1. The lowest BCUT2D eigenvalue weighted by atomic mass is 10.1. The lowest BCUT2D eigenvalue weighted by Gasteiger charge is -2.02. The van der Waals surface area contributed by atoms with Crippen LogP contribution in [0.1, 0.15) is 15.9 Å². The highest BCUT2D eigenvalue weighted by Gasteiger charge is 2.19. The molecule has 0 saturated heterocycles. The number of pyridine rings is 1. The fourth-order valence-electron chi connectivity index (χ4n) is 2.38. The first-order valence-electron chi connectivity index (χ1n) is 7.61. The Bertz CT molecular complexity index is 1060. The third-order valence-electron chi connectivity index (χ3n) is 3.61. The van der Waals surface area contributed by atoms with E-state index in [-0.39, 0.29) is 11.5 Å². The topological polar surface area (TPSA) is 107 Å². The molecule has 128 valence electrons. The van der Waals surface area contributed by atoms with Crippen LogP contribution in [0.2, 0.25) is 0 Å². The van der Waals surface area contributed by atoms with Crippen LogP contribution in [0.4, 0.5) is 5.13 Å². The fourth-order valence-corrected chi connectivity index (χ4v) is 3.07. The minimum absolute atomic E-state index is 0.283. The first-order valence-corrected chi connectivity index (χ1v) is 8.49. The Hall–Kier alpha value is -3.46. The number of carbonyl (C=O) groups is 1.